The number of hydrogen-bond donors (Lipinski definition) is 1. The van der Waals surface area contributed by atoms with E-state index in [9.17, 15) is 0 Å². The van der Waals surface area contributed by atoms with E-state index in [0.717, 1.165) is 17.9 Å². The fraction of sp³-hybridized carbons (Fsp3) is 0.333. The van der Waals surface area contributed by atoms with Crippen LogP contribution in [0.4, 0.5) is 5.82 Å². The molecule has 0 amide bonds. The molecule has 0 aliphatic rings. The molecule has 1 aromatic rings. The zero-order valence-corrected chi connectivity index (χ0v) is 7.66. The molecule has 1 rings (SSSR count). The van der Waals surface area contributed by atoms with E-state index in [1.165, 1.54) is 0 Å². The van der Waals surface area contributed by atoms with Crippen molar-refractivity contribution in [2.75, 3.05) is 25.6 Å². The molecule has 0 saturated carbocycles. The van der Waals surface area contributed by atoms with Crippen LogP contribution in [-0.4, -0.2) is 30.5 Å². The van der Waals surface area contributed by atoms with E-state index in [-0.39, 0.29) is 0 Å². The summed E-state index contributed by atoms with van der Waals surface area (Å²) in [5.41, 5.74) is 0.954. The molecule has 0 spiro atoms. The van der Waals surface area contributed by atoms with Crippen LogP contribution < -0.4 is 5.32 Å². The van der Waals surface area contributed by atoms with Gasteiger partial charge >= 0.3 is 0 Å². The quantitative estimate of drug-likeness (QED) is 0.689. The molecular formula is C9H13N3O. The molecule has 0 atom stereocenters. The smallest absolute Gasteiger partial charge is 0.149 e. The second-order valence-corrected chi connectivity index (χ2v) is 2.50. The van der Waals surface area contributed by atoms with E-state index < -0.39 is 0 Å². The summed E-state index contributed by atoms with van der Waals surface area (Å²) in [6.07, 6.45) is 3.39. The predicted molar refractivity (Wildman–Crippen MR) is 52.5 cm³/mol. The number of hydrogen-bond acceptors (Lipinski definition) is 4. The molecule has 4 heteroatoms. The van der Waals surface area contributed by atoms with E-state index in [0.29, 0.717) is 6.61 Å². The summed E-state index contributed by atoms with van der Waals surface area (Å²) < 4.78 is 4.89. The average molecular weight is 179 g/mol. The minimum Gasteiger partial charge on any atom is -0.383 e. The molecule has 4 nitrogen and oxygen atoms in total. The van der Waals surface area contributed by atoms with E-state index in [1.807, 2.05) is 6.07 Å². The minimum absolute atomic E-state index is 0.653. The van der Waals surface area contributed by atoms with Crippen molar-refractivity contribution in [2.45, 2.75) is 0 Å². The van der Waals surface area contributed by atoms with Crippen molar-refractivity contribution in [3.63, 3.8) is 0 Å². The second-order valence-electron chi connectivity index (χ2n) is 2.50. The second kappa shape index (κ2) is 5.27. The minimum atomic E-state index is 0.653. The molecule has 1 N–H and O–H groups in total. The summed E-state index contributed by atoms with van der Waals surface area (Å²) >= 11 is 0. The Balaban J connectivity index is 2.51. The highest BCUT2D eigenvalue weighted by Crippen LogP contribution is 2.04. The van der Waals surface area contributed by atoms with Crippen LogP contribution >= 0.6 is 0 Å². The van der Waals surface area contributed by atoms with Gasteiger partial charge in [0.25, 0.3) is 0 Å². The van der Waals surface area contributed by atoms with Crippen LogP contribution in [0.2, 0.25) is 0 Å². The normalized spacial score (nSPS) is 9.62. The third-order valence-corrected chi connectivity index (χ3v) is 1.52. The molecule has 0 fully saturated rings. The predicted octanol–water partition coefficient (Wildman–Crippen LogP) is 1.18. The molecule has 0 bridgehead atoms. The number of nitrogens with one attached hydrogen (secondary N) is 1. The number of methoxy groups -OCH3 is 1. The standard InChI is InChI=1S/C9H13N3O/c1-3-8-6-9(12-11-7-8)10-4-5-13-2/h3,6-7H,1,4-5H2,2H3,(H,10,12). The fourth-order valence-corrected chi connectivity index (χ4v) is 0.861. The first kappa shape index (κ1) is 9.67. The lowest BCUT2D eigenvalue weighted by Crippen LogP contribution is -2.09. The molecule has 1 heterocycles. The van der Waals surface area contributed by atoms with Gasteiger partial charge in [-0.1, -0.05) is 12.7 Å². The first-order valence-corrected chi connectivity index (χ1v) is 4.05. The Morgan fingerprint density at radius 3 is 3.23 bits per heavy atom. The average Bonchev–Trinajstić information content (AvgIpc) is 2.19. The summed E-state index contributed by atoms with van der Waals surface area (Å²) in [6, 6.07) is 1.88. The first-order valence-electron chi connectivity index (χ1n) is 4.05. The molecule has 0 aromatic carbocycles. The highest BCUT2D eigenvalue weighted by atomic mass is 16.5. The Bertz CT molecular complexity index is 275. The largest absolute Gasteiger partial charge is 0.383 e. The molecule has 0 aliphatic heterocycles. The first-order chi connectivity index (χ1) is 6.36. The van der Waals surface area contributed by atoms with Crippen LogP contribution in [-0.2, 0) is 4.74 Å². The Labute approximate surface area is 77.6 Å². The SMILES string of the molecule is C=Cc1cnnc(NCCOC)c1. The number of anilines is 1. The van der Waals surface area contributed by atoms with Gasteiger partial charge in [0.1, 0.15) is 5.82 Å². The third kappa shape index (κ3) is 3.21. The van der Waals surface area contributed by atoms with Crippen molar-refractivity contribution in [1.82, 2.24) is 10.2 Å². The lowest BCUT2D eigenvalue weighted by Gasteiger charge is -2.03. The van der Waals surface area contributed by atoms with Crippen molar-refractivity contribution in [1.29, 1.82) is 0 Å². The van der Waals surface area contributed by atoms with E-state index >= 15 is 0 Å². The van der Waals surface area contributed by atoms with Gasteiger partial charge in [-0.3, -0.25) is 0 Å². The molecule has 13 heavy (non-hydrogen) atoms. The van der Waals surface area contributed by atoms with E-state index in [4.69, 9.17) is 4.74 Å². The maximum absolute atomic E-state index is 4.89. The summed E-state index contributed by atoms with van der Waals surface area (Å²) in [6.45, 7) is 5.03. The summed E-state index contributed by atoms with van der Waals surface area (Å²) in [4.78, 5) is 0. The molecular weight excluding hydrogens is 166 g/mol. The molecule has 0 unspecified atom stereocenters. The van der Waals surface area contributed by atoms with Gasteiger partial charge in [0.2, 0.25) is 0 Å². The molecule has 0 aliphatic carbocycles. The fourth-order valence-electron chi connectivity index (χ4n) is 0.861. The van der Waals surface area contributed by atoms with Gasteiger partial charge in [-0.25, -0.2) is 0 Å². The lowest BCUT2D eigenvalue weighted by molar-refractivity contribution is 0.210. The van der Waals surface area contributed by atoms with E-state index in [1.54, 1.807) is 19.4 Å². The van der Waals surface area contributed by atoms with Crippen LogP contribution in [0.25, 0.3) is 6.08 Å². The summed E-state index contributed by atoms with van der Waals surface area (Å²) in [7, 11) is 1.66. The van der Waals surface area contributed by atoms with E-state index in [2.05, 4.69) is 22.1 Å². The van der Waals surface area contributed by atoms with Crippen molar-refractivity contribution in [3.8, 4) is 0 Å². The molecule has 70 valence electrons. The maximum atomic E-state index is 4.89. The molecule has 1 aromatic heterocycles. The van der Waals surface area contributed by atoms with Gasteiger partial charge in [0, 0.05) is 13.7 Å². The Kier molecular flexibility index (Phi) is 3.92. The summed E-state index contributed by atoms with van der Waals surface area (Å²) in [5.74, 6) is 0.745. The highest BCUT2D eigenvalue weighted by molar-refractivity contribution is 5.50. The zero-order chi connectivity index (χ0) is 9.52. The van der Waals surface area contributed by atoms with Crippen molar-refractivity contribution >= 4 is 11.9 Å². The monoisotopic (exact) mass is 179 g/mol. The number of rotatable bonds is 5. The lowest BCUT2D eigenvalue weighted by atomic mass is 10.3. The molecule has 0 radical (unpaired) electrons. The number of aromatic nitrogens is 2. The van der Waals surface area contributed by atoms with Gasteiger partial charge in [0.05, 0.1) is 12.8 Å². The van der Waals surface area contributed by atoms with Crippen LogP contribution in [0.1, 0.15) is 5.56 Å². The number of ether oxygens (including phenoxy) is 1. The zero-order valence-electron chi connectivity index (χ0n) is 7.66. The van der Waals surface area contributed by atoms with Gasteiger partial charge in [-0.2, -0.15) is 5.10 Å². The number of nitrogens with zero attached hydrogens (tertiary/aromatic N) is 2. The van der Waals surface area contributed by atoms with Crippen molar-refractivity contribution in [3.05, 3.63) is 24.4 Å². The van der Waals surface area contributed by atoms with Crippen LogP contribution in [0.15, 0.2) is 18.8 Å². The Hall–Kier alpha value is -1.42. The Morgan fingerprint density at radius 1 is 1.69 bits per heavy atom. The van der Waals surface area contributed by atoms with Crippen LogP contribution in [0.5, 0.6) is 0 Å². The van der Waals surface area contributed by atoms with Crippen LogP contribution in [0.3, 0.4) is 0 Å². The van der Waals surface area contributed by atoms with Crippen LogP contribution in [0, 0.1) is 0 Å². The van der Waals surface area contributed by atoms with Crippen molar-refractivity contribution < 1.29 is 4.74 Å². The highest BCUT2D eigenvalue weighted by Gasteiger charge is 1.94. The Morgan fingerprint density at radius 2 is 2.54 bits per heavy atom. The topological polar surface area (TPSA) is 47.0 Å². The van der Waals surface area contributed by atoms with Gasteiger partial charge in [-0.15, -0.1) is 5.10 Å². The third-order valence-electron chi connectivity index (χ3n) is 1.52. The molecule has 0 saturated heterocycles. The van der Waals surface area contributed by atoms with Crippen molar-refractivity contribution in [2.24, 2.45) is 0 Å². The maximum Gasteiger partial charge on any atom is 0.149 e. The van der Waals surface area contributed by atoms with Gasteiger partial charge in [-0.05, 0) is 11.6 Å². The van der Waals surface area contributed by atoms with Gasteiger partial charge < -0.3 is 10.1 Å². The van der Waals surface area contributed by atoms with Gasteiger partial charge in [0.15, 0.2) is 0 Å². The summed E-state index contributed by atoms with van der Waals surface area (Å²) in [5, 5.41) is 10.8.